The Bertz CT molecular complexity index is 561. The van der Waals surface area contributed by atoms with Gasteiger partial charge in [0, 0.05) is 18.3 Å². The summed E-state index contributed by atoms with van der Waals surface area (Å²) in [5.74, 6) is 0.589. The number of anilines is 2. The summed E-state index contributed by atoms with van der Waals surface area (Å²) in [5, 5.41) is 3.61. The van der Waals surface area contributed by atoms with E-state index in [1.165, 1.54) is 5.56 Å². The van der Waals surface area contributed by atoms with Crippen LogP contribution in [0.2, 0.25) is 0 Å². The van der Waals surface area contributed by atoms with Crippen molar-refractivity contribution in [2.75, 3.05) is 16.8 Å². The number of amides is 1. The Morgan fingerprint density at radius 2 is 2.04 bits per heavy atom. The molecule has 1 aromatic rings. The lowest BCUT2D eigenvalue weighted by Crippen LogP contribution is -2.35. The van der Waals surface area contributed by atoms with Crippen molar-refractivity contribution in [3.8, 4) is 0 Å². The Kier molecular flexibility index (Phi) is 5.23. The third-order valence-electron chi connectivity index (χ3n) is 4.19. The third kappa shape index (κ3) is 4.40. The molecule has 1 N–H and O–H groups in total. The van der Waals surface area contributed by atoms with Crippen molar-refractivity contribution in [2.24, 2.45) is 5.92 Å². The molecule has 0 spiro atoms. The molecule has 4 nitrogen and oxygen atoms in total. The lowest BCUT2D eigenvalue weighted by molar-refractivity contribution is 0.0584. The van der Waals surface area contributed by atoms with E-state index in [1.54, 1.807) is 4.90 Å². The van der Waals surface area contributed by atoms with Crippen LogP contribution in [0.25, 0.3) is 0 Å². The van der Waals surface area contributed by atoms with Gasteiger partial charge in [0.05, 0.1) is 5.69 Å². The molecule has 2 rings (SSSR count). The second kappa shape index (κ2) is 6.81. The predicted molar refractivity (Wildman–Crippen MR) is 96.3 cm³/mol. The number of nitrogens with one attached hydrogen (secondary N) is 1. The van der Waals surface area contributed by atoms with Crippen LogP contribution in [0.1, 0.15) is 53.5 Å². The van der Waals surface area contributed by atoms with Gasteiger partial charge in [-0.2, -0.15) is 0 Å². The van der Waals surface area contributed by atoms with Crippen molar-refractivity contribution in [3.63, 3.8) is 0 Å². The van der Waals surface area contributed by atoms with Crippen molar-refractivity contribution in [1.82, 2.24) is 0 Å². The van der Waals surface area contributed by atoms with Crippen molar-refractivity contribution >= 4 is 17.5 Å². The topological polar surface area (TPSA) is 41.6 Å². The number of rotatable bonds is 4. The zero-order valence-electron chi connectivity index (χ0n) is 15.3. The second-order valence-corrected chi connectivity index (χ2v) is 7.63. The van der Waals surface area contributed by atoms with Gasteiger partial charge in [-0.05, 0) is 63.3 Å². The minimum Gasteiger partial charge on any atom is -0.443 e. The highest BCUT2D eigenvalue weighted by Crippen LogP contribution is 2.32. The first-order valence-electron chi connectivity index (χ1n) is 8.61. The molecule has 0 aromatic heterocycles. The number of fused-ring (bicyclic) bond motifs is 1. The van der Waals surface area contributed by atoms with Crippen LogP contribution < -0.4 is 10.2 Å². The number of ether oxygens (including phenoxy) is 1. The molecule has 1 amide bonds. The molecule has 0 fully saturated rings. The third-order valence-corrected chi connectivity index (χ3v) is 4.19. The van der Waals surface area contributed by atoms with E-state index in [0.29, 0.717) is 18.5 Å². The fourth-order valence-corrected chi connectivity index (χ4v) is 2.95. The Labute approximate surface area is 140 Å². The smallest absolute Gasteiger partial charge is 0.414 e. The monoisotopic (exact) mass is 318 g/mol. The molecule has 1 aliphatic rings. The highest BCUT2D eigenvalue weighted by atomic mass is 16.6. The average molecular weight is 318 g/mol. The van der Waals surface area contributed by atoms with Crippen LogP contribution in [-0.4, -0.2) is 24.3 Å². The van der Waals surface area contributed by atoms with Gasteiger partial charge in [-0.3, -0.25) is 4.90 Å². The van der Waals surface area contributed by atoms with Crippen molar-refractivity contribution in [3.05, 3.63) is 23.8 Å². The summed E-state index contributed by atoms with van der Waals surface area (Å²) in [7, 11) is 0. The van der Waals surface area contributed by atoms with Crippen LogP contribution in [0, 0.1) is 5.92 Å². The summed E-state index contributed by atoms with van der Waals surface area (Å²) in [6.45, 7) is 13.0. The zero-order valence-corrected chi connectivity index (χ0v) is 15.3. The van der Waals surface area contributed by atoms with Gasteiger partial charge in [0.1, 0.15) is 5.60 Å². The Hall–Kier alpha value is -1.71. The van der Waals surface area contributed by atoms with E-state index in [2.05, 4.69) is 38.2 Å². The van der Waals surface area contributed by atoms with Gasteiger partial charge in [0.25, 0.3) is 0 Å². The summed E-state index contributed by atoms with van der Waals surface area (Å²) in [4.78, 5) is 14.1. The summed E-state index contributed by atoms with van der Waals surface area (Å²) in [5.41, 5.74) is 2.85. The first kappa shape index (κ1) is 17.6. The number of nitrogens with zero attached hydrogens (tertiary/aromatic N) is 1. The standard InChI is InChI=1S/C19H30N2O2/c1-7-16(13(2)3)20-15-8-9-17-14(12-15)10-11-21(17)18(22)23-19(4,5)6/h8-9,12-13,16,20H,7,10-11H2,1-6H3. The van der Waals surface area contributed by atoms with Crippen LogP contribution in [-0.2, 0) is 11.2 Å². The van der Waals surface area contributed by atoms with E-state index >= 15 is 0 Å². The molecule has 0 saturated heterocycles. The Balaban J connectivity index is 2.12. The molecule has 128 valence electrons. The highest BCUT2D eigenvalue weighted by Gasteiger charge is 2.29. The molecule has 1 aliphatic heterocycles. The molecule has 0 aliphatic carbocycles. The number of benzene rings is 1. The minimum absolute atomic E-state index is 0.259. The predicted octanol–water partition coefficient (Wildman–Crippen LogP) is 4.83. The maximum Gasteiger partial charge on any atom is 0.414 e. The van der Waals surface area contributed by atoms with Crippen LogP contribution >= 0.6 is 0 Å². The van der Waals surface area contributed by atoms with Crippen LogP contribution in [0.15, 0.2) is 18.2 Å². The molecule has 1 aromatic carbocycles. The van der Waals surface area contributed by atoms with Gasteiger partial charge in [-0.25, -0.2) is 4.79 Å². The highest BCUT2D eigenvalue weighted by molar-refractivity contribution is 5.91. The molecular weight excluding hydrogens is 288 g/mol. The van der Waals surface area contributed by atoms with E-state index in [0.717, 1.165) is 24.2 Å². The minimum atomic E-state index is -0.465. The Morgan fingerprint density at radius 1 is 1.35 bits per heavy atom. The number of carbonyl (C=O) groups is 1. The molecular formula is C19H30N2O2. The van der Waals surface area contributed by atoms with Gasteiger partial charge < -0.3 is 10.1 Å². The van der Waals surface area contributed by atoms with E-state index in [4.69, 9.17) is 4.74 Å². The second-order valence-electron chi connectivity index (χ2n) is 7.63. The van der Waals surface area contributed by atoms with Crippen molar-refractivity contribution in [2.45, 2.75) is 66.0 Å². The number of hydrogen-bond donors (Lipinski definition) is 1. The van der Waals surface area contributed by atoms with Gasteiger partial charge in [-0.1, -0.05) is 20.8 Å². The summed E-state index contributed by atoms with van der Waals surface area (Å²) in [6, 6.07) is 6.73. The summed E-state index contributed by atoms with van der Waals surface area (Å²) < 4.78 is 5.49. The summed E-state index contributed by atoms with van der Waals surface area (Å²) in [6.07, 6.45) is 1.71. The average Bonchev–Trinajstić information content (AvgIpc) is 2.85. The fraction of sp³-hybridized carbons (Fsp3) is 0.632. The maximum absolute atomic E-state index is 12.3. The summed E-state index contributed by atoms with van der Waals surface area (Å²) >= 11 is 0. The van der Waals surface area contributed by atoms with Crippen LogP contribution in [0.5, 0.6) is 0 Å². The van der Waals surface area contributed by atoms with Crippen LogP contribution in [0.4, 0.5) is 16.2 Å². The maximum atomic E-state index is 12.3. The molecule has 0 radical (unpaired) electrons. The number of hydrogen-bond acceptors (Lipinski definition) is 3. The van der Waals surface area contributed by atoms with Crippen LogP contribution in [0.3, 0.4) is 0 Å². The lowest BCUT2D eigenvalue weighted by atomic mass is 10.0. The number of carbonyl (C=O) groups excluding carboxylic acids is 1. The SMILES string of the molecule is CCC(Nc1ccc2c(c1)CCN2C(=O)OC(C)(C)C)C(C)C. The van der Waals surface area contributed by atoms with E-state index in [9.17, 15) is 4.79 Å². The molecule has 0 saturated carbocycles. The molecule has 1 heterocycles. The lowest BCUT2D eigenvalue weighted by Gasteiger charge is -2.25. The van der Waals surface area contributed by atoms with Gasteiger partial charge in [-0.15, -0.1) is 0 Å². The van der Waals surface area contributed by atoms with Gasteiger partial charge in [0.2, 0.25) is 0 Å². The molecule has 1 atom stereocenters. The van der Waals surface area contributed by atoms with Crippen molar-refractivity contribution < 1.29 is 9.53 Å². The van der Waals surface area contributed by atoms with E-state index in [-0.39, 0.29) is 6.09 Å². The molecule has 1 unspecified atom stereocenters. The Morgan fingerprint density at radius 3 is 2.61 bits per heavy atom. The van der Waals surface area contributed by atoms with E-state index < -0.39 is 5.60 Å². The van der Waals surface area contributed by atoms with E-state index in [1.807, 2.05) is 26.8 Å². The molecule has 0 bridgehead atoms. The molecule has 23 heavy (non-hydrogen) atoms. The molecule has 4 heteroatoms. The zero-order chi connectivity index (χ0) is 17.2. The fourth-order valence-electron chi connectivity index (χ4n) is 2.95. The quantitative estimate of drug-likeness (QED) is 0.864. The first-order chi connectivity index (χ1) is 10.7. The first-order valence-corrected chi connectivity index (χ1v) is 8.61. The normalized spacial score (nSPS) is 15.5. The van der Waals surface area contributed by atoms with Gasteiger partial charge >= 0.3 is 6.09 Å². The van der Waals surface area contributed by atoms with Gasteiger partial charge in [0.15, 0.2) is 0 Å². The van der Waals surface area contributed by atoms with Crippen molar-refractivity contribution in [1.29, 1.82) is 0 Å². The largest absolute Gasteiger partial charge is 0.443 e.